The van der Waals surface area contributed by atoms with Crippen molar-refractivity contribution in [3.63, 3.8) is 0 Å². The molecule has 0 aliphatic carbocycles. The Morgan fingerprint density at radius 1 is 1.44 bits per heavy atom. The van der Waals surface area contributed by atoms with Crippen molar-refractivity contribution >= 4 is 12.0 Å². The van der Waals surface area contributed by atoms with Gasteiger partial charge in [0.15, 0.2) is 6.04 Å². The van der Waals surface area contributed by atoms with Crippen LogP contribution in [0.5, 0.6) is 0 Å². The van der Waals surface area contributed by atoms with Gasteiger partial charge in [-0.1, -0.05) is 12.2 Å². The van der Waals surface area contributed by atoms with Gasteiger partial charge in [0.25, 0.3) is 0 Å². The van der Waals surface area contributed by atoms with Crippen molar-refractivity contribution in [2.45, 2.75) is 25.5 Å². The summed E-state index contributed by atoms with van der Waals surface area (Å²) in [5.74, 6) is -1.24. The van der Waals surface area contributed by atoms with E-state index in [4.69, 9.17) is 5.11 Å². The van der Waals surface area contributed by atoms with Crippen LogP contribution in [0.4, 0.5) is 4.79 Å². The zero-order valence-corrected chi connectivity index (χ0v) is 9.09. The Morgan fingerprint density at radius 3 is 2.56 bits per heavy atom. The number of amides is 2. The molecular weight excluding hydrogens is 212 g/mol. The summed E-state index contributed by atoms with van der Waals surface area (Å²) in [5.41, 5.74) is 0. The molecule has 0 aromatic rings. The molecule has 0 aromatic carbocycles. The SMILES string of the molecule is CC(O)C(NC(=O)N1CC=CCC1)C(=O)O. The van der Waals surface area contributed by atoms with Crippen molar-refractivity contribution in [3.8, 4) is 0 Å². The van der Waals surface area contributed by atoms with E-state index < -0.39 is 24.1 Å². The number of urea groups is 1. The predicted molar refractivity (Wildman–Crippen MR) is 57.0 cm³/mol. The van der Waals surface area contributed by atoms with E-state index >= 15 is 0 Å². The Kier molecular flexibility index (Phi) is 4.30. The monoisotopic (exact) mass is 228 g/mol. The molecular formula is C10H16N2O4. The molecule has 1 rings (SSSR count). The van der Waals surface area contributed by atoms with Gasteiger partial charge in [0, 0.05) is 13.1 Å². The molecule has 0 radical (unpaired) electrons. The lowest BCUT2D eigenvalue weighted by Crippen LogP contribution is -2.52. The molecule has 6 heteroatoms. The number of carboxylic acid groups (broad SMARTS) is 1. The number of carbonyl (C=O) groups excluding carboxylic acids is 1. The van der Waals surface area contributed by atoms with Gasteiger partial charge in [0.05, 0.1) is 6.10 Å². The predicted octanol–water partition coefficient (Wildman–Crippen LogP) is -0.208. The molecule has 0 saturated carbocycles. The summed E-state index contributed by atoms with van der Waals surface area (Å²) >= 11 is 0. The number of carboxylic acids is 1. The van der Waals surface area contributed by atoms with Gasteiger partial charge < -0.3 is 20.4 Å². The van der Waals surface area contributed by atoms with Gasteiger partial charge in [-0.05, 0) is 13.3 Å². The first-order valence-electron chi connectivity index (χ1n) is 5.13. The highest BCUT2D eigenvalue weighted by atomic mass is 16.4. The normalized spacial score (nSPS) is 19.0. The highest BCUT2D eigenvalue weighted by Gasteiger charge is 2.27. The topological polar surface area (TPSA) is 89.9 Å². The Morgan fingerprint density at radius 2 is 2.12 bits per heavy atom. The lowest BCUT2D eigenvalue weighted by Gasteiger charge is -2.26. The van der Waals surface area contributed by atoms with Crippen molar-refractivity contribution < 1.29 is 19.8 Å². The third kappa shape index (κ3) is 3.23. The summed E-state index contributed by atoms with van der Waals surface area (Å²) in [6.07, 6.45) is 3.45. The number of carbonyl (C=O) groups is 2. The molecule has 0 bridgehead atoms. The van der Waals surface area contributed by atoms with Gasteiger partial charge in [0.2, 0.25) is 0 Å². The first-order chi connectivity index (χ1) is 7.52. The minimum atomic E-state index is -1.27. The Bertz CT molecular complexity index is 301. The van der Waals surface area contributed by atoms with Gasteiger partial charge in [-0.3, -0.25) is 0 Å². The minimum absolute atomic E-state index is 0.461. The summed E-state index contributed by atoms with van der Waals surface area (Å²) in [6, 6.07) is -1.73. The number of hydrogen-bond donors (Lipinski definition) is 3. The van der Waals surface area contributed by atoms with Crippen LogP contribution < -0.4 is 5.32 Å². The van der Waals surface area contributed by atoms with Crippen LogP contribution in [0.2, 0.25) is 0 Å². The number of hydrogen-bond acceptors (Lipinski definition) is 3. The van der Waals surface area contributed by atoms with Gasteiger partial charge in [-0.2, -0.15) is 0 Å². The van der Waals surface area contributed by atoms with Crippen molar-refractivity contribution in [2.75, 3.05) is 13.1 Å². The van der Waals surface area contributed by atoms with E-state index in [9.17, 15) is 14.7 Å². The van der Waals surface area contributed by atoms with Crippen LogP contribution in [0.3, 0.4) is 0 Å². The fraction of sp³-hybridized carbons (Fsp3) is 0.600. The first kappa shape index (κ1) is 12.5. The summed E-state index contributed by atoms with van der Waals surface area (Å²) in [5, 5.41) is 20.3. The number of rotatable bonds is 3. The van der Waals surface area contributed by atoms with E-state index in [1.54, 1.807) is 0 Å². The van der Waals surface area contributed by atoms with Gasteiger partial charge in [-0.15, -0.1) is 0 Å². The third-order valence-electron chi connectivity index (χ3n) is 2.37. The standard InChI is InChI=1S/C10H16N2O4/c1-7(13)8(9(14)15)11-10(16)12-5-3-2-4-6-12/h2-3,7-8,13H,4-6H2,1H3,(H,11,16)(H,14,15). The molecule has 0 aromatic heterocycles. The Balaban J connectivity index is 2.54. The van der Waals surface area contributed by atoms with E-state index in [2.05, 4.69) is 5.32 Å². The molecule has 3 N–H and O–H groups in total. The first-order valence-corrected chi connectivity index (χ1v) is 5.13. The van der Waals surface area contributed by atoms with Crippen LogP contribution in [-0.2, 0) is 4.79 Å². The highest BCUT2D eigenvalue weighted by Crippen LogP contribution is 2.02. The van der Waals surface area contributed by atoms with E-state index in [0.29, 0.717) is 13.1 Å². The lowest BCUT2D eigenvalue weighted by atomic mass is 10.2. The average molecular weight is 228 g/mol. The number of nitrogens with one attached hydrogen (secondary N) is 1. The zero-order valence-electron chi connectivity index (χ0n) is 9.09. The number of aliphatic hydroxyl groups is 1. The Labute approximate surface area is 93.5 Å². The molecule has 1 aliphatic heterocycles. The fourth-order valence-corrected chi connectivity index (χ4v) is 1.44. The summed E-state index contributed by atoms with van der Waals surface area (Å²) in [6.45, 7) is 2.36. The number of aliphatic hydroxyl groups excluding tert-OH is 1. The summed E-state index contributed by atoms with van der Waals surface area (Å²) in [4.78, 5) is 23.9. The molecule has 16 heavy (non-hydrogen) atoms. The zero-order chi connectivity index (χ0) is 12.1. The van der Waals surface area contributed by atoms with E-state index in [0.717, 1.165) is 6.42 Å². The molecule has 0 spiro atoms. The molecule has 1 aliphatic rings. The number of aliphatic carboxylic acids is 1. The van der Waals surface area contributed by atoms with E-state index in [1.165, 1.54) is 11.8 Å². The van der Waals surface area contributed by atoms with Crippen LogP contribution in [0, 0.1) is 0 Å². The number of nitrogens with zero attached hydrogens (tertiary/aromatic N) is 1. The highest BCUT2D eigenvalue weighted by molar-refractivity contribution is 5.83. The van der Waals surface area contributed by atoms with Crippen LogP contribution in [-0.4, -0.2) is 52.3 Å². The van der Waals surface area contributed by atoms with Crippen molar-refractivity contribution in [2.24, 2.45) is 0 Å². The van der Waals surface area contributed by atoms with Crippen LogP contribution in [0.1, 0.15) is 13.3 Å². The largest absolute Gasteiger partial charge is 0.480 e. The quantitative estimate of drug-likeness (QED) is 0.583. The molecule has 90 valence electrons. The molecule has 0 fully saturated rings. The molecule has 2 atom stereocenters. The second-order valence-electron chi connectivity index (χ2n) is 3.71. The summed E-state index contributed by atoms with van der Waals surface area (Å²) in [7, 11) is 0. The Hall–Kier alpha value is -1.56. The van der Waals surface area contributed by atoms with Crippen LogP contribution in [0.15, 0.2) is 12.2 Å². The van der Waals surface area contributed by atoms with Crippen molar-refractivity contribution in [1.29, 1.82) is 0 Å². The van der Waals surface area contributed by atoms with E-state index in [-0.39, 0.29) is 0 Å². The van der Waals surface area contributed by atoms with Gasteiger partial charge >= 0.3 is 12.0 Å². The third-order valence-corrected chi connectivity index (χ3v) is 2.37. The molecule has 2 amide bonds. The van der Waals surface area contributed by atoms with Crippen LogP contribution in [0.25, 0.3) is 0 Å². The van der Waals surface area contributed by atoms with Crippen molar-refractivity contribution in [3.05, 3.63) is 12.2 Å². The van der Waals surface area contributed by atoms with Gasteiger partial charge in [0.1, 0.15) is 0 Å². The smallest absolute Gasteiger partial charge is 0.328 e. The molecule has 0 saturated heterocycles. The molecule has 1 heterocycles. The fourth-order valence-electron chi connectivity index (χ4n) is 1.44. The molecule has 2 unspecified atom stereocenters. The maximum Gasteiger partial charge on any atom is 0.328 e. The second kappa shape index (κ2) is 5.50. The lowest BCUT2D eigenvalue weighted by molar-refractivity contribution is -0.141. The minimum Gasteiger partial charge on any atom is -0.480 e. The second-order valence-corrected chi connectivity index (χ2v) is 3.71. The maximum atomic E-state index is 11.6. The maximum absolute atomic E-state index is 11.6. The average Bonchev–Trinajstić information content (AvgIpc) is 2.25. The molecule has 6 nitrogen and oxygen atoms in total. The van der Waals surface area contributed by atoms with Gasteiger partial charge in [-0.25, -0.2) is 9.59 Å². The van der Waals surface area contributed by atoms with Crippen molar-refractivity contribution in [1.82, 2.24) is 10.2 Å². The van der Waals surface area contributed by atoms with Crippen LogP contribution >= 0.6 is 0 Å². The van der Waals surface area contributed by atoms with E-state index in [1.807, 2.05) is 12.2 Å². The summed E-state index contributed by atoms with van der Waals surface area (Å²) < 4.78 is 0.